The number of rotatable bonds is 7. The predicted octanol–water partition coefficient (Wildman–Crippen LogP) is 1.58. The fraction of sp³-hybridized carbons (Fsp3) is 0.917. The highest BCUT2D eigenvalue weighted by Crippen LogP contribution is 2.19. The molecule has 0 spiro atoms. The van der Waals surface area contributed by atoms with Gasteiger partial charge in [0.25, 0.3) is 0 Å². The normalized spacial score (nSPS) is 13.9. The third kappa shape index (κ3) is 5.90. The molecule has 3 heteroatoms. The van der Waals surface area contributed by atoms with E-state index >= 15 is 0 Å². The maximum Gasteiger partial charge on any atom is 0.155 e. The molecule has 0 aromatic rings. The standard InChI is InChI=1S/C12H26N2O/c1-12(2,3)11(15)10(14-5)8-6-7-9-13-4/h10,13-14H,6-9H2,1-5H3. The number of carbonyl (C=O) groups excluding carboxylic acids is 1. The van der Waals surface area contributed by atoms with E-state index in [0.717, 1.165) is 25.8 Å². The SMILES string of the molecule is CNCCCCC(NC)C(=O)C(C)(C)C. The molecule has 0 saturated carbocycles. The third-order valence-electron chi connectivity index (χ3n) is 2.57. The van der Waals surface area contributed by atoms with Gasteiger partial charge in [0.2, 0.25) is 0 Å². The van der Waals surface area contributed by atoms with Gasteiger partial charge in [0.15, 0.2) is 5.78 Å². The Bertz CT molecular complexity index is 185. The first-order valence-electron chi connectivity index (χ1n) is 5.79. The second-order valence-electron chi connectivity index (χ2n) is 5.05. The zero-order chi connectivity index (χ0) is 11.9. The highest BCUT2D eigenvalue weighted by atomic mass is 16.1. The van der Waals surface area contributed by atoms with E-state index in [9.17, 15) is 4.79 Å². The van der Waals surface area contributed by atoms with Crippen molar-refractivity contribution in [2.24, 2.45) is 5.41 Å². The molecular weight excluding hydrogens is 188 g/mol. The van der Waals surface area contributed by atoms with Crippen molar-refractivity contribution in [3.63, 3.8) is 0 Å². The Hall–Kier alpha value is -0.410. The molecule has 90 valence electrons. The maximum absolute atomic E-state index is 12.0. The third-order valence-corrected chi connectivity index (χ3v) is 2.57. The Morgan fingerprint density at radius 3 is 2.20 bits per heavy atom. The van der Waals surface area contributed by atoms with Crippen LogP contribution in [0.3, 0.4) is 0 Å². The summed E-state index contributed by atoms with van der Waals surface area (Å²) < 4.78 is 0. The lowest BCUT2D eigenvalue weighted by molar-refractivity contribution is -0.128. The second-order valence-corrected chi connectivity index (χ2v) is 5.05. The maximum atomic E-state index is 12.0. The Kier molecular flexibility index (Phi) is 6.77. The predicted molar refractivity (Wildman–Crippen MR) is 65.1 cm³/mol. The van der Waals surface area contributed by atoms with Crippen LogP contribution in [0.2, 0.25) is 0 Å². The summed E-state index contributed by atoms with van der Waals surface area (Å²) in [6, 6.07) is 0.0156. The topological polar surface area (TPSA) is 41.1 Å². The van der Waals surface area contributed by atoms with Crippen molar-refractivity contribution in [1.29, 1.82) is 0 Å². The van der Waals surface area contributed by atoms with Gasteiger partial charge in [-0.2, -0.15) is 0 Å². The van der Waals surface area contributed by atoms with E-state index < -0.39 is 0 Å². The molecule has 0 heterocycles. The van der Waals surface area contributed by atoms with Crippen LogP contribution in [0, 0.1) is 5.41 Å². The lowest BCUT2D eigenvalue weighted by Gasteiger charge is -2.24. The first-order valence-corrected chi connectivity index (χ1v) is 5.79. The van der Waals surface area contributed by atoms with Crippen molar-refractivity contribution in [3.05, 3.63) is 0 Å². The summed E-state index contributed by atoms with van der Waals surface area (Å²) in [5.41, 5.74) is -0.239. The van der Waals surface area contributed by atoms with Gasteiger partial charge < -0.3 is 10.6 Å². The van der Waals surface area contributed by atoms with E-state index in [1.165, 1.54) is 0 Å². The van der Waals surface area contributed by atoms with Gasteiger partial charge >= 0.3 is 0 Å². The van der Waals surface area contributed by atoms with E-state index in [4.69, 9.17) is 0 Å². The van der Waals surface area contributed by atoms with Gasteiger partial charge in [-0.25, -0.2) is 0 Å². The molecule has 3 nitrogen and oxygen atoms in total. The molecule has 0 aromatic heterocycles. The van der Waals surface area contributed by atoms with E-state index in [1.54, 1.807) is 0 Å². The molecule has 0 bridgehead atoms. The van der Waals surface area contributed by atoms with Crippen LogP contribution in [0.4, 0.5) is 0 Å². The van der Waals surface area contributed by atoms with Crippen LogP contribution in [-0.4, -0.2) is 32.5 Å². The number of unbranched alkanes of at least 4 members (excludes halogenated alkanes) is 1. The van der Waals surface area contributed by atoms with Gasteiger partial charge in [0.1, 0.15) is 0 Å². The van der Waals surface area contributed by atoms with Crippen LogP contribution in [-0.2, 0) is 4.79 Å². The molecule has 0 rings (SSSR count). The lowest BCUT2D eigenvalue weighted by atomic mass is 9.85. The summed E-state index contributed by atoms with van der Waals surface area (Å²) in [6.45, 7) is 6.97. The largest absolute Gasteiger partial charge is 0.320 e. The first kappa shape index (κ1) is 14.6. The number of carbonyl (C=O) groups is 1. The molecule has 0 saturated heterocycles. The minimum atomic E-state index is -0.239. The van der Waals surface area contributed by atoms with Crippen molar-refractivity contribution in [2.75, 3.05) is 20.6 Å². The minimum Gasteiger partial charge on any atom is -0.320 e. The van der Waals surface area contributed by atoms with Gasteiger partial charge in [-0.15, -0.1) is 0 Å². The van der Waals surface area contributed by atoms with Crippen molar-refractivity contribution in [1.82, 2.24) is 10.6 Å². The number of Topliss-reactive ketones (excluding diaryl/α,β-unsaturated/α-hetero) is 1. The molecule has 2 N–H and O–H groups in total. The van der Waals surface area contributed by atoms with Crippen molar-refractivity contribution in [2.45, 2.75) is 46.1 Å². The van der Waals surface area contributed by atoms with Gasteiger partial charge in [-0.1, -0.05) is 27.2 Å². The van der Waals surface area contributed by atoms with E-state index in [0.29, 0.717) is 5.78 Å². The van der Waals surface area contributed by atoms with Gasteiger partial charge in [0.05, 0.1) is 6.04 Å². The molecule has 1 atom stereocenters. The molecule has 0 aromatic carbocycles. The molecule has 0 aliphatic heterocycles. The number of likely N-dealkylation sites (N-methyl/N-ethyl adjacent to an activating group) is 1. The zero-order valence-corrected chi connectivity index (χ0v) is 10.8. The Morgan fingerprint density at radius 2 is 1.80 bits per heavy atom. The fourth-order valence-corrected chi connectivity index (χ4v) is 1.58. The summed E-state index contributed by atoms with van der Waals surface area (Å²) in [5, 5.41) is 6.23. The van der Waals surface area contributed by atoms with Crippen molar-refractivity contribution in [3.8, 4) is 0 Å². The number of nitrogens with one attached hydrogen (secondary N) is 2. The highest BCUT2D eigenvalue weighted by Gasteiger charge is 2.27. The van der Waals surface area contributed by atoms with Gasteiger partial charge in [-0.05, 0) is 33.5 Å². The quantitative estimate of drug-likeness (QED) is 0.632. The Balaban J connectivity index is 3.97. The molecule has 0 aliphatic carbocycles. The van der Waals surface area contributed by atoms with Crippen LogP contribution in [0.25, 0.3) is 0 Å². The number of hydrogen-bond donors (Lipinski definition) is 2. The minimum absolute atomic E-state index is 0.0156. The molecular formula is C12H26N2O. The van der Waals surface area contributed by atoms with Crippen LogP contribution in [0.5, 0.6) is 0 Å². The van der Waals surface area contributed by atoms with E-state index in [1.807, 2.05) is 34.9 Å². The summed E-state index contributed by atoms with van der Waals surface area (Å²) in [4.78, 5) is 12.0. The molecule has 15 heavy (non-hydrogen) atoms. The molecule has 0 aliphatic rings. The lowest BCUT2D eigenvalue weighted by Crippen LogP contribution is -2.41. The van der Waals surface area contributed by atoms with Crippen LogP contribution >= 0.6 is 0 Å². The van der Waals surface area contributed by atoms with Gasteiger partial charge in [-0.3, -0.25) is 4.79 Å². The average molecular weight is 214 g/mol. The monoisotopic (exact) mass is 214 g/mol. The van der Waals surface area contributed by atoms with E-state index in [-0.39, 0.29) is 11.5 Å². The Labute approximate surface area is 94.0 Å². The number of hydrogen-bond acceptors (Lipinski definition) is 3. The van der Waals surface area contributed by atoms with Gasteiger partial charge in [0, 0.05) is 5.41 Å². The molecule has 1 unspecified atom stereocenters. The summed E-state index contributed by atoms with van der Waals surface area (Å²) in [7, 11) is 3.82. The summed E-state index contributed by atoms with van der Waals surface area (Å²) in [6.07, 6.45) is 3.16. The van der Waals surface area contributed by atoms with Crippen molar-refractivity contribution < 1.29 is 4.79 Å². The fourth-order valence-electron chi connectivity index (χ4n) is 1.58. The molecule has 0 amide bonds. The number of ketones is 1. The van der Waals surface area contributed by atoms with E-state index in [2.05, 4.69) is 10.6 Å². The highest BCUT2D eigenvalue weighted by molar-refractivity contribution is 5.88. The molecule has 0 radical (unpaired) electrons. The van der Waals surface area contributed by atoms with Crippen LogP contribution in [0.15, 0.2) is 0 Å². The van der Waals surface area contributed by atoms with Crippen LogP contribution < -0.4 is 10.6 Å². The van der Waals surface area contributed by atoms with Crippen LogP contribution in [0.1, 0.15) is 40.0 Å². The zero-order valence-electron chi connectivity index (χ0n) is 10.8. The average Bonchev–Trinajstić information content (AvgIpc) is 2.16. The first-order chi connectivity index (χ1) is 6.93. The second kappa shape index (κ2) is 6.96. The molecule has 0 fully saturated rings. The smallest absolute Gasteiger partial charge is 0.155 e. The van der Waals surface area contributed by atoms with Crippen molar-refractivity contribution >= 4 is 5.78 Å². The Morgan fingerprint density at radius 1 is 1.20 bits per heavy atom. The summed E-state index contributed by atoms with van der Waals surface area (Å²) in [5.74, 6) is 0.314. The summed E-state index contributed by atoms with van der Waals surface area (Å²) >= 11 is 0.